The topological polar surface area (TPSA) is 41.6 Å². The molecule has 0 unspecified atom stereocenters. The molecule has 0 saturated carbocycles. The van der Waals surface area contributed by atoms with Gasteiger partial charge in [0.15, 0.2) is 0 Å². The van der Waals surface area contributed by atoms with Crippen LogP contribution in [-0.2, 0) is 6.42 Å². The van der Waals surface area contributed by atoms with Gasteiger partial charge in [-0.1, -0.05) is 42.5 Å². The van der Waals surface area contributed by atoms with E-state index in [1.165, 1.54) is 17.7 Å². The molecule has 0 bridgehead atoms. The van der Waals surface area contributed by atoms with E-state index in [1.807, 2.05) is 36.4 Å². The van der Waals surface area contributed by atoms with Crippen LogP contribution in [-0.4, -0.2) is 24.6 Å². The average Bonchev–Trinajstić information content (AvgIpc) is 2.73. The van der Waals surface area contributed by atoms with Crippen molar-refractivity contribution in [2.75, 3.05) is 19.0 Å². The summed E-state index contributed by atoms with van der Waals surface area (Å²) in [4.78, 5) is 14.9. The second-order valence-electron chi connectivity index (χ2n) is 6.76. The molecule has 4 nitrogen and oxygen atoms in total. The molecule has 0 saturated heterocycles. The number of urea groups is 1. The van der Waals surface area contributed by atoms with Gasteiger partial charge in [0.2, 0.25) is 0 Å². The lowest BCUT2D eigenvalue weighted by molar-refractivity contribution is 0.194. The molecule has 28 heavy (non-hydrogen) atoms. The Morgan fingerprint density at radius 1 is 1.07 bits per heavy atom. The number of ether oxygens (including phenoxy) is 1. The number of rotatable bonds is 3. The van der Waals surface area contributed by atoms with E-state index in [9.17, 15) is 9.18 Å². The Hall–Kier alpha value is -3.34. The summed E-state index contributed by atoms with van der Waals surface area (Å²) < 4.78 is 18.7. The third-order valence-corrected chi connectivity index (χ3v) is 5.05. The molecule has 1 atom stereocenters. The summed E-state index contributed by atoms with van der Waals surface area (Å²) in [5.41, 5.74) is 3.83. The average molecular weight is 376 g/mol. The number of amides is 2. The van der Waals surface area contributed by atoms with Gasteiger partial charge >= 0.3 is 6.03 Å². The highest BCUT2D eigenvalue weighted by atomic mass is 19.1. The fraction of sp³-hybridized carbons (Fsp3) is 0.174. The van der Waals surface area contributed by atoms with Crippen LogP contribution in [0.25, 0.3) is 0 Å². The van der Waals surface area contributed by atoms with Crippen molar-refractivity contribution in [2.45, 2.75) is 12.5 Å². The van der Waals surface area contributed by atoms with Crippen molar-refractivity contribution in [1.82, 2.24) is 4.90 Å². The number of nitrogens with zero attached hydrogens (tertiary/aromatic N) is 1. The van der Waals surface area contributed by atoms with Crippen LogP contribution in [0.2, 0.25) is 0 Å². The van der Waals surface area contributed by atoms with E-state index in [-0.39, 0.29) is 17.9 Å². The molecule has 1 N–H and O–H groups in total. The van der Waals surface area contributed by atoms with Crippen molar-refractivity contribution >= 4 is 11.7 Å². The van der Waals surface area contributed by atoms with Crippen LogP contribution in [0.4, 0.5) is 14.9 Å². The van der Waals surface area contributed by atoms with E-state index < -0.39 is 0 Å². The van der Waals surface area contributed by atoms with Crippen LogP contribution in [0.1, 0.15) is 22.7 Å². The number of nitrogens with one attached hydrogen (secondary N) is 1. The molecule has 0 radical (unpaired) electrons. The number of methoxy groups -OCH3 is 1. The molecular formula is C23H21FN2O2. The van der Waals surface area contributed by atoms with Crippen molar-refractivity contribution < 1.29 is 13.9 Å². The predicted molar refractivity (Wildman–Crippen MR) is 107 cm³/mol. The molecule has 1 aliphatic heterocycles. The number of halogens is 1. The van der Waals surface area contributed by atoms with Gasteiger partial charge in [-0.15, -0.1) is 0 Å². The van der Waals surface area contributed by atoms with E-state index in [0.717, 1.165) is 17.5 Å². The summed E-state index contributed by atoms with van der Waals surface area (Å²) in [7, 11) is 1.59. The molecule has 0 fully saturated rings. The summed E-state index contributed by atoms with van der Waals surface area (Å²) in [6.07, 6.45) is 0.777. The Morgan fingerprint density at radius 3 is 2.64 bits per heavy atom. The molecule has 1 aliphatic rings. The molecule has 5 heteroatoms. The van der Waals surface area contributed by atoms with Crippen LogP contribution in [0, 0.1) is 5.82 Å². The minimum Gasteiger partial charge on any atom is -0.497 e. The Labute approximate surface area is 163 Å². The van der Waals surface area contributed by atoms with Crippen molar-refractivity contribution in [3.63, 3.8) is 0 Å². The Morgan fingerprint density at radius 2 is 1.86 bits per heavy atom. The highest BCUT2D eigenvalue weighted by Crippen LogP contribution is 2.35. The van der Waals surface area contributed by atoms with Gasteiger partial charge in [-0.25, -0.2) is 9.18 Å². The lowest BCUT2D eigenvalue weighted by Gasteiger charge is -2.37. The third-order valence-electron chi connectivity index (χ3n) is 5.05. The van der Waals surface area contributed by atoms with Gasteiger partial charge in [0, 0.05) is 18.3 Å². The maximum Gasteiger partial charge on any atom is 0.322 e. The molecule has 1 heterocycles. The Bertz CT molecular complexity index is 988. The number of hydrogen-bond acceptors (Lipinski definition) is 2. The second-order valence-corrected chi connectivity index (χ2v) is 6.76. The Balaban J connectivity index is 1.68. The van der Waals surface area contributed by atoms with Gasteiger partial charge in [0.25, 0.3) is 0 Å². The van der Waals surface area contributed by atoms with Gasteiger partial charge in [-0.05, 0) is 47.4 Å². The van der Waals surface area contributed by atoms with Gasteiger partial charge in [0.1, 0.15) is 11.6 Å². The largest absolute Gasteiger partial charge is 0.497 e. The van der Waals surface area contributed by atoms with E-state index in [0.29, 0.717) is 18.0 Å². The van der Waals surface area contributed by atoms with E-state index in [4.69, 9.17) is 4.74 Å². The van der Waals surface area contributed by atoms with E-state index >= 15 is 0 Å². The molecule has 0 spiro atoms. The predicted octanol–water partition coefficient (Wildman–Crippen LogP) is 5.01. The monoisotopic (exact) mass is 376 g/mol. The molecule has 4 rings (SSSR count). The highest BCUT2D eigenvalue weighted by molar-refractivity contribution is 5.90. The van der Waals surface area contributed by atoms with E-state index in [2.05, 4.69) is 11.4 Å². The van der Waals surface area contributed by atoms with Crippen LogP contribution in [0.15, 0.2) is 72.8 Å². The van der Waals surface area contributed by atoms with E-state index in [1.54, 1.807) is 30.2 Å². The SMILES string of the molecule is COc1cccc(NC(=O)N2CCc3ccccc3[C@@H]2c2ccc(F)cc2)c1. The number of benzene rings is 3. The van der Waals surface area contributed by atoms with Crippen LogP contribution in [0.5, 0.6) is 5.75 Å². The summed E-state index contributed by atoms with van der Waals surface area (Å²) in [6, 6.07) is 21.3. The molecule has 3 aromatic carbocycles. The fourth-order valence-corrected chi connectivity index (χ4v) is 3.69. The first-order valence-corrected chi connectivity index (χ1v) is 9.20. The minimum absolute atomic E-state index is 0.197. The van der Waals surface area contributed by atoms with Crippen molar-refractivity contribution in [3.05, 3.63) is 95.3 Å². The standard InChI is InChI=1S/C23H21FN2O2/c1-28-20-7-4-6-19(15-20)25-23(27)26-14-13-16-5-2-3-8-21(16)22(26)17-9-11-18(24)12-10-17/h2-12,15,22H,13-14H2,1H3,(H,25,27)/t22-/m0/s1. The lowest BCUT2D eigenvalue weighted by atomic mass is 9.88. The third kappa shape index (κ3) is 3.56. The van der Waals surface area contributed by atoms with Gasteiger partial charge in [-0.2, -0.15) is 0 Å². The first kappa shape index (κ1) is 18.0. The molecule has 0 aliphatic carbocycles. The maximum absolute atomic E-state index is 13.5. The zero-order valence-electron chi connectivity index (χ0n) is 15.6. The Kier molecular flexibility index (Phi) is 4.98. The van der Waals surface area contributed by atoms with Crippen LogP contribution < -0.4 is 10.1 Å². The number of carbonyl (C=O) groups is 1. The smallest absolute Gasteiger partial charge is 0.322 e. The number of carbonyl (C=O) groups excluding carboxylic acids is 1. The normalized spacial score (nSPS) is 15.6. The van der Waals surface area contributed by atoms with Gasteiger partial charge in [0.05, 0.1) is 13.2 Å². The molecular weight excluding hydrogens is 355 g/mol. The molecule has 0 aromatic heterocycles. The first-order chi connectivity index (χ1) is 13.7. The number of anilines is 1. The first-order valence-electron chi connectivity index (χ1n) is 9.20. The molecule has 2 amide bonds. The molecule has 3 aromatic rings. The summed E-state index contributed by atoms with van der Waals surface area (Å²) in [5, 5.41) is 2.96. The van der Waals surface area contributed by atoms with Crippen molar-refractivity contribution in [3.8, 4) is 5.75 Å². The molecule has 142 valence electrons. The van der Waals surface area contributed by atoms with Gasteiger partial charge in [-0.3, -0.25) is 0 Å². The number of fused-ring (bicyclic) bond motifs is 1. The maximum atomic E-state index is 13.5. The van der Waals surface area contributed by atoms with Crippen LogP contribution in [0.3, 0.4) is 0 Å². The minimum atomic E-state index is -0.291. The van der Waals surface area contributed by atoms with Gasteiger partial charge < -0.3 is 15.0 Å². The van der Waals surface area contributed by atoms with Crippen molar-refractivity contribution in [2.24, 2.45) is 0 Å². The quantitative estimate of drug-likeness (QED) is 0.698. The summed E-state index contributed by atoms with van der Waals surface area (Å²) in [6.45, 7) is 0.578. The van der Waals surface area contributed by atoms with Crippen LogP contribution >= 0.6 is 0 Å². The number of hydrogen-bond donors (Lipinski definition) is 1. The lowest BCUT2D eigenvalue weighted by Crippen LogP contribution is -2.43. The van der Waals surface area contributed by atoms with Crippen molar-refractivity contribution in [1.29, 1.82) is 0 Å². The fourth-order valence-electron chi connectivity index (χ4n) is 3.69. The summed E-state index contributed by atoms with van der Waals surface area (Å²) in [5.74, 6) is 0.386. The zero-order chi connectivity index (χ0) is 19.5. The summed E-state index contributed by atoms with van der Waals surface area (Å²) >= 11 is 0. The second kappa shape index (κ2) is 7.72. The highest BCUT2D eigenvalue weighted by Gasteiger charge is 2.32. The zero-order valence-corrected chi connectivity index (χ0v) is 15.6.